The molecule has 2 unspecified atom stereocenters. The van der Waals surface area contributed by atoms with E-state index in [0.717, 1.165) is 0 Å². The number of likely N-dealkylation sites (tertiary alicyclic amines) is 1. The molecule has 0 aromatic heterocycles. The maximum atomic E-state index is 12.8. The number of methoxy groups -OCH3 is 1. The van der Waals surface area contributed by atoms with Crippen LogP contribution in [-0.4, -0.2) is 61.6 Å². The van der Waals surface area contributed by atoms with E-state index in [0.29, 0.717) is 12.8 Å². The number of sulfonamides is 1. The monoisotopic (exact) mass is 404 g/mol. The average Bonchev–Trinajstić information content (AvgIpc) is 2.92. The molecule has 9 heteroatoms. The number of benzene rings is 1. The summed E-state index contributed by atoms with van der Waals surface area (Å²) in [5.74, 6) is -1.55. The second-order valence-electron chi connectivity index (χ2n) is 7.19. The van der Waals surface area contributed by atoms with Gasteiger partial charge in [0.2, 0.25) is 21.8 Å². The molecule has 0 spiro atoms. The minimum Gasteiger partial charge on any atom is -0.465 e. The van der Waals surface area contributed by atoms with Crippen molar-refractivity contribution in [3.63, 3.8) is 0 Å². The first-order chi connectivity index (χ1) is 13.3. The summed E-state index contributed by atoms with van der Waals surface area (Å²) in [6.07, 6.45) is 4.97. The first-order valence-corrected chi connectivity index (χ1v) is 10.5. The van der Waals surface area contributed by atoms with Crippen LogP contribution in [-0.2, 0) is 24.3 Å². The van der Waals surface area contributed by atoms with Crippen LogP contribution in [0.5, 0.6) is 0 Å². The van der Waals surface area contributed by atoms with Gasteiger partial charge in [-0.05, 0) is 37.1 Å². The third-order valence-electron chi connectivity index (χ3n) is 5.65. The number of hydrogen-bond acceptors (Lipinski definition) is 6. The van der Waals surface area contributed by atoms with Crippen LogP contribution in [0.15, 0.2) is 41.3 Å². The van der Waals surface area contributed by atoms with E-state index in [9.17, 15) is 22.8 Å². The van der Waals surface area contributed by atoms with Gasteiger partial charge in [0, 0.05) is 13.1 Å². The van der Waals surface area contributed by atoms with Crippen LogP contribution in [0.1, 0.15) is 23.2 Å². The van der Waals surface area contributed by atoms with E-state index in [2.05, 4.69) is 4.74 Å². The molecule has 0 N–H and O–H groups in total. The average molecular weight is 404 g/mol. The van der Waals surface area contributed by atoms with E-state index in [-0.39, 0.29) is 47.2 Å². The minimum atomic E-state index is -3.76. The van der Waals surface area contributed by atoms with E-state index in [4.69, 9.17) is 0 Å². The molecule has 2 amide bonds. The fraction of sp³-hybridized carbons (Fsp3) is 0.421. The summed E-state index contributed by atoms with van der Waals surface area (Å²) in [5.41, 5.74) is 0.257. The predicted molar refractivity (Wildman–Crippen MR) is 97.5 cm³/mol. The molecule has 2 heterocycles. The smallest absolute Gasteiger partial charge is 0.337 e. The molecule has 2 atom stereocenters. The van der Waals surface area contributed by atoms with Crippen LogP contribution in [0.25, 0.3) is 0 Å². The lowest BCUT2D eigenvalue weighted by molar-refractivity contribution is -0.145. The molecule has 0 radical (unpaired) electrons. The molecule has 0 bridgehead atoms. The Bertz CT molecular complexity index is 937. The van der Waals surface area contributed by atoms with Crippen molar-refractivity contribution in [3.8, 4) is 0 Å². The molecule has 1 aliphatic carbocycles. The molecule has 2 aliphatic heterocycles. The summed E-state index contributed by atoms with van der Waals surface area (Å²) < 4.78 is 31.3. The molecule has 1 aromatic carbocycles. The van der Waals surface area contributed by atoms with Crippen molar-refractivity contribution in [2.24, 2.45) is 11.8 Å². The molecule has 2 fully saturated rings. The number of fused-ring (bicyclic) bond motifs is 1. The fourth-order valence-electron chi connectivity index (χ4n) is 3.99. The fourth-order valence-corrected chi connectivity index (χ4v) is 5.51. The molecule has 1 aromatic rings. The van der Waals surface area contributed by atoms with Gasteiger partial charge in [-0.15, -0.1) is 0 Å². The maximum absolute atomic E-state index is 12.8. The summed E-state index contributed by atoms with van der Waals surface area (Å²) in [5, 5.41) is 0. The first-order valence-electron chi connectivity index (χ1n) is 9.05. The van der Waals surface area contributed by atoms with Crippen LogP contribution in [0.4, 0.5) is 0 Å². The Kier molecular flexibility index (Phi) is 4.59. The van der Waals surface area contributed by atoms with Gasteiger partial charge < -0.3 is 4.74 Å². The Hall–Kier alpha value is -2.52. The van der Waals surface area contributed by atoms with E-state index in [1.165, 1.54) is 40.6 Å². The summed E-state index contributed by atoms with van der Waals surface area (Å²) in [7, 11) is -2.50. The lowest BCUT2D eigenvalue weighted by atomic mass is 9.85. The highest BCUT2D eigenvalue weighted by molar-refractivity contribution is 7.89. The molecule has 8 nitrogen and oxygen atoms in total. The second kappa shape index (κ2) is 6.82. The van der Waals surface area contributed by atoms with Gasteiger partial charge >= 0.3 is 5.97 Å². The number of carbonyl (C=O) groups excluding carboxylic acids is 3. The number of rotatable bonds is 4. The van der Waals surface area contributed by atoms with Crippen molar-refractivity contribution >= 4 is 27.8 Å². The zero-order valence-corrected chi connectivity index (χ0v) is 16.1. The molecule has 3 aliphatic rings. The lowest BCUT2D eigenvalue weighted by Gasteiger charge is -2.42. The number of imide groups is 1. The van der Waals surface area contributed by atoms with Gasteiger partial charge in [0.25, 0.3) is 0 Å². The van der Waals surface area contributed by atoms with E-state index in [1.807, 2.05) is 12.2 Å². The zero-order valence-electron chi connectivity index (χ0n) is 15.3. The van der Waals surface area contributed by atoms with Crippen molar-refractivity contribution < 1.29 is 27.5 Å². The topological polar surface area (TPSA) is 101 Å². The third kappa shape index (κ3) is 2.85. The number of esters is 1. The van der Waals surface area contributed by atoms with E-state index >= 15 is 0 Å². The van der Waals surface area contributed by atoms with Crippen LogP contribution < -0.4 is 0 Å². The Morgan fingerprint density at radius 3 is 2.04 bits per heavy atom. The Balaban J connectivity index is 1.45. The van der Waals surface area contributed by atoms with E-state index < -0.39 is 22.0 Å². The number of carbonyl (C=O) groups is 3. The molecule has 4 rings (SSSR count). The van der Waals surface area contributed by atoms with Gasteiger partial charge in [0.1, 0.15) is 0 Å². The number of nitrogens with zero attached hydrogens (tertiary/aromatic N) is 2. The van der Waals surface area contributed by atoms with Crippen molar-refractivity contribution in [3.05, 3.63) is 42.0 Å². The third-order valence-corrected chi connectivity index (χ3v) is 7.49. The Morgan fingerprint density at radius 2 is 1.54 bits per heavy atom. The molecule has 148 valence electrons. The number of ether oxygens (including phenoxy) is 1. The quantitative estimate of drug-likeness (QED) is 0.418. The number of allylic oxidation sites excluding steroid dienone is 2. The maximum Gasteiger partial charge on any atom is 0.337 e. The van der Waals surface area contributed by atoms with Crippen LogP contribution in [0.3, 0.4) is 0 Å². The molecular formula is C19H20N2O6S. The largest absolute Gasteiger partial charge is 0.465 e. The number of amides is 2. The van der Waals surface area contributed by atoms with Gasteiger partial charge in [-0.1, -0.05) is 12.2 Å². The zero-order chi connectivity index (χ0) is 20.1. The van der Waals surface area contributed by atoms with Crippen LogP contribution in [0.2, 0.25) is 0 Å². The molecule has 0 saturated carbocycles. The van der Waals surface area contributed by atoms with Gasteiger partial charge in [0.05, 0.1) is 35.4 Å². The Labute approximate surface area is 162 Å². The van der Waals surface area contributed by atoms with Crippen molar-refractivity contribution in [2.45, 2.75) is 23.8 Å². The SMILES string of the molecule is COC(=O)c1ccc(S(=O)(=O)N2CC(N3C(=O)C4CC=CCC4C3=O)C2)cc1. The minimum absolute atomic E-state index is 0.0514. The molecule has 2 saturated heterocycles. The highest BCUT2D eigenvalue weighted by Crippen LogP contribution is 2.38. The van der Waals surface area contributed by atoms with Crippen molar-refractivity contribution in [2.75, 3.05) is 20.2 Å². The van der Waals surface area contributed by atoms with Crippen LogP contribution in [0, 0.1) is 11.8 Å². The Morgan fingerprint density at radius 1 is 1.00 bits per heavy atom. The summed E-state index contributed by atoms with van der Waals surface area (Å²) in [6, 6.07) is 5.06. The lowest BCUT2D eigenvalue weighted by Crippen LogP contribution is -2.62. The second-order valence-corrected chi connectivity index (χ2v) is 9.13. The van der Waals surface area contributed by atoms with Gasteiger partial charge in [-0.25, -0.2) is 13.2 Å². The van der Waals surface area contributed by atoms with E-state index in [1.54, 1.807) is 0 Å². The van der Waals surface area contributed by atoms with Crippen molar-refractivity contribution in [1.82, 2.24) is 9.21 Å². The van der Waals surface area contributed by atoms with Crippen LogP contribution >= 0.6 is 0 Å². The summed E-state index contributed by atoms with van der Waals surface area (Å²) in [4.78, 5) is 38.0. The molecule has 28 heavy (non-hydrogen) atoms. The molecular weight excluding hydrogens is 384 g/mol. The van der Waals surface area contributed by atoms with Gasteiger partial charge in [-0.2, -0.15) is 4.31 Å². The summed E-state index contributed by atoms with van der Waals surface area (Å²) in [6.45, 7) is 0.177. The summed E-state index contributed by atoms with van der Waals surface area (Å²) >= 11 is 0. The predicted octanol–water partition coefficient (Wildman–Crippen LogP) is 0.797. The normalized spacial score (nSPS) is 25.5. The number of hydrogen-bond donors (Lipinski definition) is 0. The van der Waals surface area contributed by atoms with Gasteiger partial charge in [-0.3, -0.25) is 14.5 Å². The van der Waals surface area contributed by atoms with Crippen molar-refractivity contribution in [1.29, 1.82) is 0 Å². The highest BCUT2D eigenvalue weighted by Gasteiger charge is 2.53. The standard InChI is InChI=1S/C19H20N2O6S/c1-27-19(24)12-6-8-14(9-7-12)28(25,26)20-10-13(11-20)21-17(22)15-4-2-3-5-16(15)18(21)23/h2-3,6-9,13,15-16H,4-5,10-11H2,1H3. The van der Waals surface area contributed by atoms with Gasteiger partial charge in [0.15, 0.2) is 0 Å². The first kappa shape index (κ1) is 18.8. The highest BCUT2D eigenvalue weighted by atomic mass is 32.2.